The number of aromatic nitrogens is 1. The van der Waals surface area contributed by atoms with Crippen LogP contribution < -0.4 is 10.6 Å². The van der Waals surface area contributed by atoms with Gasteiger partial charge in [-0.2, -0.15) is 0 Å². The highest BCUT2D eigenvalue weighted by Crippen LogP contribution is 2.27. The summed E-state index contributed by atoms with van der Waals surface area (Å²) in [4.78, 5) is 16.7. The van der Waals surface area contributed by atoms with E-state index < -0.39 is 0 Å². The van der Waals surface area contributed by atoms with Crippen LogP contribution in [0.4, 0.5) is 10.5 Å². The minimum Gasteiger partial charge on any atom is -0.440 e. The van der Waals surface area contributed by atoms with Crippen molar-refractivity contribution < 1.29 is 14.3 Å². The Bertz CT molecular complexity index is 740. The first kappa shape index (κ1) is 17.7. The van der Waals surface area contributed by atoms with Gasteiger partial charge in [0.2, 0.25) is 5.89 Å². The van der Waals surface area contributed by atoms with Crippen molar-refractivity contribution in [3.63, 3.8) is 0 Å². The molecule has 0 radical (unpaired) electrons. The third-order valence-electron chi connectivity index (χ3n) is 4.73. The second-order valence-electron chi connectivity index (χ2n) is 7.95. The number of aliphatic hydroxyl groups is 1. The van der Waals surface area contributed by atoms with Crippen LogP contribution in [0.25, 0.3) is 11.1 Å². The lowest BCUT2D eigenvalue weighted by atomic mass is 9.87. The number of nitrogens with zero attached hydrogens (tertiary/aromatic N) is 1. The molecule has 1 aliphatic rings. The number of oxazole rings is 1. The fourth-order valence-electron chi connectivity index (χ4n) is 3.17. The summed E-state index contributed by atoms with van der Waals surface area (Å²) in [6, 6.07) is 5.45. The number of anilines is 1. The number of fused-ring (bicyclic) bond motifs is 1. The van der Waals surface area contributed by atoms with E-state index in [4.69, 9.17) is 4.42 Å². The second-order valence-corrected chi connectivity index (χ2v) is 7.95. The fourth-order valence-corrected chi connectivity index (χ4v) is 3.17. The number of amides is 2. The quantitative estimate of drug-likeness (QED) is 0.789. The van der Waals surface area contributed by atoms with E-state index >= 15 is 0 Å². The van der Waals surface area contributed by atoms with Crippen molar-refractivity contribution >= 4 is 22.8 Å². The van der Waals surface area contributed by atoms with Gasteiger partial charge in [0.05, 0.1) is 0 Å². The predicted molar refractivity (Wildman–Crippen MR) is 97.7 cm³/mol. The molecule has 1 fully saturated rings. The molecule has 3 rings (SSSR count). The summed E-state index contributed by atoms with van der Waals surface area (Å²) >= 11 is 0. The van der Waals surface area contributed by atoms with Crippen LogP contribution in [0.1, 0.15) is 52.3 Å². The summed E-state index contributed by atoms with van der Waals surface area (Å²) in [7, 11) is 0. The summed E-state index contributed by atoms with van der Waals surface area (Å²) in [5.74, 6) is 1.07. The molecule has 0 bridgehead atoms. The van der Waals surface area contributed by atoms with Gasteiger partial charge in [-0.25, -0.2) is 9.78 Å². The standard InChI is InChI=1S/C19H27N3O3/c1-19(2,3)17-22-15-10-14(8-9-16(15)25-17)21-18(24)20-13-6-4-12(11-23)5-7-13/h8-10,12-13,23H,4-7,11H2,1-3H3,(H2,20,21,24). The lowest BCUT2D eigenvalue weighted by Gasteiger charge is -2.27. The first-order chi connectivity index (χ1) is 11.8. The zero-order valence-corrected chi connectivity index (χ0v) is 15.1. The van der Waals surface area contributed by atoms with Crippen LogP contribution in [0.5, 0.6) is 0 Å². The molecule has 136 valence electrons. The maximum atomic E-state index is 12.2. The van der Waals surface area contributed by atoms with Crippen molar-refractivity contribution in [2.24, 2.45) is 5.92 Å². The Morgan fingerprint density at radius 2 is 2.00 bits per heavy atom. The zero-order valence-electron chi connectivity index (χ0n) is 15.1. The number of benzene rings is 1. The SMILES string of the molecule is CC(C)(C)c1nc2cc(NC(=O)NC3CCC(CO)CC3)ccc2o1. The Morgan fingerprint density at radius 1 is 1.28 bits per heavy atom. The molecule has 0 saturated heterocycles. The first-order valence-corrected chi connectivity index (χ1v) is 8.94. The first-order valence-electron chi connectivity index (χ1n) is 8.94. The number of carbonyl (C=O) groups is 1. The lowest BCUT2D eigenvalue weighted by Crippen LogP contribution is -2.40. The molecule has 1 aliphatic carbocycles. The fraction of sp³-hybridized carbons (Fsp3) is 0.579. The number of rotatable bonds is 3. The second kappa shape index (κ2) is 7.04. The molecule has 25 heavy (non-hydrogen) atoms. The van der Waals surface area contributed by atoms with E-state index in [1.165, 1.54) is 0 Å². The van der Waals surface area contributed by atoms with Crippen LogP contribution in [0.15, 0.2) is 22.6 Å². The van der Waals surface area contributed by atoms with Gasteiger partial charge in [0.15, 0.2) is 5.58 Å². The molecule has 0 atom stereocenters. The van der Waals surface area contributed by atoms with Gasteiger partial charge in [0.25, 0.3) is 0 Å². The molecule has 1 heterocycles. The maximum Gasteiger partial charge on any atom is 0.319 e. The van der Waals surface area contributed by atoms with Crippen LogP contribution in [-0.2, 0) is 5.41 Å². The topological polar surface area (TPSA) is 87.4 Å². The number of hydrogen-bond donors (Lipinski definition) is 3. The van der Waals surface area contributed by atoms with Gasteiger partial charge in [-0.15, -0.1) is 0 Å². The highest BCUT2D eigenvalue weighted by molar-refractivity contribution is 5.91. The third-order valence-corrected chi connectivity index (χ3v) is 4.73. The van der Waals surface area contributed by atoms with Crippen molar-refractivity contribution in [1.29, 1.82) is 0 Å². The number of hydrogen-bond acceptors (Lipinski definition) is 4. The summed E-state index contributed by atoms with van der Waals surface area (Å²) < 4.78 is 5.77. The van der Waals surface area contributed by atoms with E-state index in [1.54, 1.807) is 0 Å². The smallest absolute Gasteiger partial charge is 0.319 e. The Kier molecular flexibility index (Phi) is 4.99. The molecule has 1 aromatic carbocycles. The average molecular weight is 345 g/mol. The molecule has 3 N–H and O–H groups in total. The molecule has 0 unspecified atom stereocenters. The molecule has 2 amide bonds. The van der Waals surface area contributed by atoms with Crippen LogP contribution >= 0.6 is 0 Å². The lowest BCUT2D eigenvalue weighted by molar-refractivity contribution is 0.176. The van der Waals surface area contributed by atoms with Crippen LogP contribution in [-0.4, -0.2) is 28.8 Å². The third kappa shape index (κ3) is 4.31. The minimum atomic E-state index is -0.202. The van der Waals surface area contributed by atoms with Gasteiger partial charge in [-0.1, -0.05) is 20.8 Å². The van der Waals surface area contributed by atoms with Crippen molar-refractivity contribution in [2.45, 2.75) is 57.9 Å². The van der Waals surface area contributed by atoms with Crippen molar-refractivity contribution in [3.8, 4) is 0 Å². The molecule has 6 heteroatoms. The molecular weight excluding hydrogens is 318 g/mol. The molecule has 1 aromatic heterocycles. The van der Waals surface area contributed by atoms with Crippen molar-refractivity contribution in [3.05, 3.63) is 24.1 Å². The molecule has 0 spiro atoms. The van der Waals surface area contributed by atoms with E-state index in [9.17, 15) is 9.90 Å². The maximum absolute atomic E-state index is 12.2. The summed E-state index contributed by atoms with van der Waals surface area (Å²) in [6.07, 6.45) is 3.75. The Balaban J connectivity index is 1.61. The van der Waals surface area contributed by atoms with Gasteiger partial charge in [-0.05, 0) is 49.8 Å². The number of urea groups is 1. The highest BCUT2D eigenvalue weighted by Gasteiger charge is 2.23. The van der Waals surface area contributed by atoms with Crippen molar-refractivity contribution in [1.82, 2.24) is 10.3 Å². The Morgan fingerprint density at radius 3 is 2.64 bits per heavy atom. The normalized spacial score (nSPS) is 21.3. The molecule has 2 aromatic rings. The predicted octanol–water partition coefficient (Wildman–Crippen LogP) is 3.80. The van der Waals surface area contributed by atoms with E-state index in [-0.39, 0.29) is 24.1 Å². The highest BCUT2D eigenvalue weighted by atomic mass is 16.3. The number of aliphatic hydroxyl groups excluding tert-OH is 1. The summed E-state index contributed by atoms with van der Waals surface area (Å²) in [5.41, 5.74) is 2.00. The summed E-state index contributed by atoms with van der Waals surface area (Å²) in [5, 5.41) is 15.1. The summed E-state index contributed by atoms with van der Waals surface area (Å²) in [6.45, 7) is 6.40. The molecular formula is C19H27N3O3. The Labute approximate surface area is 148 Å². The van der Waals surface area contributed by atoms with Crippen molar-refractivity contribution in [2.75, 3.05) is 11.9 Å². The average Bonchev–Trinajstić information content (AvgIpc) is 2.99. The van der Waals surface area contributed by atoms with Gasteiger partial charge in [0.1, 0.15) is 5.52 Å². The molecule has 6 nitrogen and oxygen atoms in total. The van der Waals surface area contributed by atoms with E-state index in [0.717, 1.165) is 36.8 Å². The Hall–Kier alpha value is -2.08. The molecule has 0 aliphatic heterocycles. The molecule has 1 saturated carbocycles. The van der Waals surface area contributed by atoms with Crippen LogP contribution in [0.3, 0.4) is 0 Å². The van der Waals surface area contributed by atoms with Gasteiger partial charge < -0.3 is 20.2 Å². The minimum absolute atomic E-state index is 0.155. The largest absolute Gasteiger partial charge is 0.440 e. The zero-order chi connectivity index (χ0) is 18.0. The van der Waals surface area contributed by atoms with Gasteiger partial charge >= 0.3 is 6.03 Å². The van der Waals surface area contributed by atoms with Gasteiger partial charge in [-0.3, -0.25) is 0 Å². The van der Waals surface area contributed by atoms with Crippen LogP contribution in [0.2, 0.25) is 0 Å². The van der Waals surface area contributed by atoms with E-state index in [0.29, 0.717) is 17.5 Å². The monoisotopic (exact) mass is 345 g/mol. The van der Waals surface area contributed by atoms with E-state index in [2.05, 4.69) is 36.4 Å². The number of nitrogens with one attached hydrogen (secondary N) is 2. The van der Waals surface area contributed by atoms with Gasteiger partial charge in [0, 0.05) is 23.8 Å². The van der Waals surface area contributed by atoms with E-state index in [1.807, 2.05) is 18.2 Å². The van der Waals surface area contributed by atoms with Crippen LogP contribution in [0, 0.1) is 5.92 Å². The number of carbonyl (C=O) groups excluding carboxylic acids is 1.